The van der Waals surface area contributed by atoms with E-state index in [2.05, 4.69) is 41.2 Å². The Morgan fingerprint density at radius 1 is 0.971 bits per heavy atom. The number of nitrogens with zero attached hydrogens (tertiary/aromatic N) is 5. The van der Waals surface area contributed by atoms with Crippen molar-refractivity contribution < 1.29 is 14.0 Å². The Balaban J connectivity index is 1.45. The number of ether oxygens (including phenoxy) is 2. The number of rotatable bonds is 6. The molecule has 172 valence electrons. The van der Waals surface area contributed by atoms with E-state index in [1.54, 1.807) is 55.4 Å². The summed E-state index contributed by atoms with van der Waals surface area (Å²) >= 11 is 0. The third-order valence-corrected chi connectivity index (χ3v) is 5.83. The molecule has 0 saturated carbocycles. The summed E-state index contributed by atoms with van der Waals surface area (Å²) in [5.41, 5.74) is 5.01. The Morgan fingerprint density at radius 2 is 1.82 bits per heavy atom. The maximum absolute atomic E-state index is 13.1. The van der Waals surface area contributed by atoms with Gasteiger partial charge in [-0.05, 0) is 49.2 Å². The summed E-state index contributed by atoms with van der Waals surface area (Å²) in [5, 5.41) is 8.63. The molecule has 0 spiro atoms. The van der Waals surface area contributed by atoms with Gasteiger partial charge in [-0.25, -0.2) is 4.52 Å². The summed E-state index contributed by atoms with van der Waals surface area (Å²) in [6.07, 6.45) is 3.40. The van der Waals surface area contributed by atoms with Gasteiger partial charge in [0.1, 0.15) is 23.6 Å². The molecule has 0 saturated heterocycles. The Hall–Kier alpha value is -4.40. The summed E-state index contributed by atoms with van der Waals surface area (Å²) in [6, 6.07) is 13.3. The first-order valence-electron chi connectivity index (χ1n) is 10.7. The highest BCUT2D eigenvalue weighted by Gasteiger charge is 2.16. The Kier molecular flexibility index (Phi) is 5.37. The Labute approximate surface area is 195 Å². The first-order chi connectivity index (χ1) is 16.5. The van der Waals surface area contributed by atoms with Crippen molar-refractivity contribution in [1.29, 1.82) is 0 Å². The van der Waals surface area contributed by atoms with E-state index in [9.17, 15) is 4.79 Å². The van der Waals surface area contributed by atoms with Crippen molar-refractivity contribution in [2.75, 3.05) is 14.2 Å². The van der Waals surface area contributed by atoms with Gasteiger partial charge in [-0.2, -0.15) is 10.1 Å². The molecule has 0 N–H and O–H groups in total. The molecule has 3 heterocycles. The molecule has 0 fully saturated rings. The molecule has 0 aliphatic carbocycles. The molecule has 0 bridgehead atoms. The van der Waals surface area contributed by atoms with Crippen LogP contribution in [0.2, 0.25) is 0 Å². The lowest BCUT2D eigenvalue weighted by Gasteiger charge is -2.07. The summed E-state index contributed by atoms with van der Waals surface area (Å²) in [4.78, 5) is 17.6. The van der Waals surface area contributed by atoms with Crippen LogP contribution in [0.4, 0.5) is 0 Å². The lowest BCUT2D eigenvalue weighted by Crippen LogP contribution is -2.21. The Morgan fingerprint density at radius 3 is 2.59 bits per heavy atom. The SMILES string of the molecule is COc1ccc(-c2noc(Cn3ccn4nc(-c5ccc(C)c(C)c5)cc4c3=O)n2)c(OC)c1. The zero-order valence-corrected chi connectivity index (χ0v) is 19.3. The van der Waals surface area contributed by atoms with Gasteiger partial charge in [0.15, 0.2) is 0 Å². The van der Waals surface area contributed by atoms with Crippen LogP contribution in [-0.2, 0) is 6.54 Å². The predicted octanol–water partition coefficient (Wildman–Crippen LogP) is 3.90. The topological polar surface area (TPSA) is 96.7 Å². The van der Waals surface area contributed by atoms with E-state index in [4.69, 9.17) is 14.0 Å². The number of aromatic nitrogens is 5. The van der Waals surface area contributed by atoms with E-state index >= 15 is 0 Å². The van der Waals surface area contributed by atoms with E-state index in [0.717, 1.165) is 11.3 Å². The van der Waals surface area contributed by atoms with Crippen molar-refractivity contribution in [2.24, 2.45) is 0 Å². The van der Waals surface area contributed by atoms with Crippen molar-refractivity contribution in [2.45, 2.75) is 20.4 Å². The summed E-state index contributed by atoms with van der Waals surface area (Å²) in [6.45, 7) is 4.25. The van der Waals surface area contributed by atoms with Crippen molar-refractivity contribution >= 4 is 5.52 Å². The van der Waals surface area contributed by atoms with Gasteiger partial charge in [-0.15, -0.1) is 0 Å². The molecule has 34 heavy (non-hydrogen) atoms. The number of aryl methyl sites for hydroxylation is 2. The fourth-order valence-corrected chi connectivity index (χ4v) is 3.75. The molecule has 0 atom stereocenters. The zero-order chi connectivity index (χ0) is 23.8. The van der Waals surface area contributed by atoms with E-state index in [0.29, 0.717) is 34.3 Å². The molecule has 9 heteroatoms. The number of methoxy groups -OCH3 is 2. The minimum atomic E-state index is -0.202. The van der Waals surface area contributed by atoms with Crippen LogP contribution in [0.3, 0.4) is 0 Å². The third kappa shape index (κ3) is 3.81. The molecule has 5 rings (SSSR count). The van der Waals surface area contributed by atoms with E-state index in [1.165, 1.54) is 15.7 Å². The standard InChI is InChI=1S/C25H23N5O4/c1-15-5-6-17(11-16(15)2)20-13-21-25(31)29(9-10-30(21)27-20)14-23-26-24(28-34-23)19-8-7-18(32-3)12-22(19)33-4/h5-13H,14H2,1-4H3. The van der Waals surface area contributed by atoms with E-state index < -0.39 is 0 Å². The van der Waals surface area contributed by atoms with Gasteiger partial charge in [0.25, 0.3) is 5.56 Å². The molecule has 3 aromatic heterocycles. The van der Waals surface area contributed by atoms with Crippen LogP contribution in [-0.4, -0.2) is 38.5 Å². The second kappa shape index (κ2) is 8.51. The van der Waals surface area contributed by atoms with Gasteiger partial charge in [-0.3, -0.25) is 4.79 Å². The van der Waals surface area contributed by atoms with E-state index in [-0.39, 0.29) is 12.1 Å². The predicted molar refractivity (Wildman–Crippen MR) is 126 cm³/mol. The van der Waals surface area contributed by atoms with Crippen LogP contribution >= 0.6 is 0 Å². The largest absolute Gasteiger partial charge is 0.497 e. The molecular formula is C25H23N5O4. The number of hydrogen-bond donors (Lipinski definition) is 0. The van der Waals surface area contributed by atoms with Crippen molar-refractivity contribution in [3.63, 3.8) is 0 Å². The van der Waals surface area contributed by atoms with Crippen LogP contribution in [0.1, 0.15) is 17.0 Å². The van der Waals surface area contributed by atoms with Gasteiger partial charge in [0.05, 0.1) is 25.5 Å². The monoisotopic (exact) mass is 457 g/mol. The minimum absolute atomic E-state index is 0.130. The molecule has 0 radical (unpaired) electrons. The number of benzene rings is 2. The van der Waals surface area contributed by atoms with E-state index in [1.807, 2.05) is 6.07 Å². The molecule has 2 aromatic carbocycles. The van der Waals surface area contributed by atoms with Crippen molar-refractivity contribution in [3.8, 4) is 34.1 Å². The second-order valence-electron chi connectivity index (χ2n) is 7.97. The van der Waals surface area contributed by atoms with Crippen LogP contribution in [0, 0.1) is 13.8 Å². The van der Waals surface area contributed by atoms with Gasteiger partial charge >= 0.3 is 0 Å². The quantitative estimate of drug-likeness (QED) is 0.382. The first-order valence-corrected chi connectivity index (χ1v) is 10.7. The molecule has 0 aliphatic heterocycles. The van der Waals surface area contributed by atoms with Crippen molar-refractivity contribution in [3.05, 3.63) is 82.2 Å². The zero-order valence-electron chi connectivity index (χ0n) is 19.3. The van der Waals surface area contributed by atoms with Crippen LogP contribution < -0.4 is 15.0 Å². The first kappa shape index (κ1) is 21.4. The normalized spacial score (nSPS) is 11.2. The highest BCUT2D eigenvalue weighted by atomic mass is 16.5. The Bertz CT molecular complexity index is 1560. The maximum atomic E-state index is 13.1. The van der Waals surface area contributed by atoms with Gasteiger partial charge < -0.3 is 18.6 Å². The van der Waals surface area contributed by atoms with Crippen LogP contribution in [0.25, 0.3) is 28.2 Å². The third-order valence-electron chi connectivity index (χ3n) is 5.83. The molecule has 0 amide bonds. The molecular weight excluding hydrogens is 434 g/mol. The fourth-order valence-electron chi connectivity index (χ4n) is 3.75. The molecule has 5 aromatic rings. The van der Waals surface area contributed by atoms with Gasteiger partial charge in [-0.1, -0.05) is 17.3 Å². The average Bonchev–Trinajstić information content (AvgIpc) is 3.50. The average molecular weight is 457 g/mol. The fraction of sp³-hybridized carbons (Fsp3) is 0.200. The van der Waals surface area contributed by atoms with Crippen LogP contribution in [0.5, 0.6) is 11.5 Å². The summed E-state index contributed by atoms with van der Waals surface area (Å²) in [7, 11) is 3.15. The molecule has 9 nitrogen and oxygen atoms in total. The lowest BCUT2D eigenvalue weighted by atomic mass is 10.0. The summed E-state index contributed by atoms with van der Waals surface area (Å²) in [5.74, 6) is 1.88. The molecule has 0 aliphatic rings. The highest BCUT2D eigenvalue weighted by Crippen LogP contribution is 2.31. The lowest BCUT2D eigenvalue weighted by molar-refractivity contribution is 0.369. The van der Waals surface area contributed by atoms with Crippen molar-refractivity contribution in [1.82, 2.24) is 24.3 Å². The molecule has 0 unspecified atom stereocenters. The second-order valence-corrected chi connectivity index (χ2v) is 7.97. The smallest absolute Gasteiger partial charge is 0.277 e. The highest BCUT2D eigenvalue weighted by molar-refractivity contribution is 5.67. The van der Waals surface area contributed by atoms with Crippen LogP contribution in [0.15, 0.2) is 64.2 Å². The number of fused-ring (bicyclic) bond motifs is 1. The summed E-state index contributed by atoms with van der Waals surface area (Å²) < 4.78 is 19.2. The van der Waals surface area contributed by atoms with Gasteiger partial charge in [0, 0.05) is 24.0 Å². The minimum Gasteiger partial charge on any atom is -0.497 e. The maximum Gasteiger partial charge on any atom is 0.277 e. The van der Waals surface area contributed by atoms with Gasteiger partial charge in [0.2, 0.25) is 11.7 Å². The number of hydrogen-bond acceptors (Lipinski definition) is 7.